The number of ketones is 1. The molecule has 0 aromatic heterocycles. The van der Waals surface area contributed by atoms with E-state index in [4.69, 9.17) is 0 Å². The molecule has 116 valence electrons. The first kappa shape index (κ1) is 16.4. The molecule has 1 aromatic carbocycles. The molecule has 22 heavy (non-hydrogen) atoms. The molecule has 1 aliphatic carbocycles. The van der Waals surface area contributed by atoms with Gasteiger partial charge in [-0.3, -0.25) is 4.79 Å². The molecule has 0 saturated heterocycles. The maximum absolute atomic E-state index is 12.4. The molecule has 0 unspecified atom stereocenters. The molecule has 0 heterocycles. The normalized spacial score (nSPS) is 17.7. The number of hydrogen-bond donors (Lipinski definition) is 0. The van der Waals surface area contributed by atoms with Gasteiger partial charge in [-0.15, -0.1) is 0 Å². The van der Waals surface area contributed by atoms with Gasteiger partial charge in [0.05, 0.1) is 10.6 Å². The number of hydrogen-bond acceptors (Lipinski definition) is 3. The Morgan fingerprint density at radius 3 is 2.14 bits per heavy atom. The number of rotatable bonds is 3. The Balaban J connectivity index is 2.49. The SMILES string of the molecule is CC1=CC(=O)C(C(C)C)=CC1=NS(=O)(=O)c1ccc(C)cc1. The smallest absolute Gasteiger partial charge is 0.282 e. The van der Waals surface area contributed by atoms with Gasteiger partial charge in [0.1, 0.15) is 0 Å². The summed E-state index contributed by atoms with van der Waals surface area (Å²) in [6.07, 6.45) is 3.02. The van der Waals surface area contributed by atoms with Gasteiger partial charge in [0, 0.05) is 5.57 Å². The van der Waals surface area contributed by atoms with Crippen LogP contribution in [0.15, 0.2) is 56.9 Å². The van der Waals surface area contributed by atoms with Crippen molar-refractivity contribution in [3.8, 4) is 0 Å². The standard InChI is InChI=1S/C17H19NO3S/c1-11(2)15-10-16(13(4)9-17(15)19)18-22(20,21)14-7-5-12(3)6-8-14/h5-11H,1-4H3. The first-order valence-electron chi connectivity index (χ1n) is 7.07. The van der Waals surface area contributed by atoms with Crippen LogP contribution in [0.3, 0.4) is 0 Å². The van der Waals surface area contributed by atoms with Crippen LogP contribution < -0.4 is 0 Å². The molecule has 2 rings (SSSR count). The fourth-order valence-electron chi connectivity index (χ4n) is 2.13. The maximum atomic E-state index is 12.4. The van der Waals surface area contributed by atoms with Crippen molar-refractivity contribution in [1.29, 1.82) is 0 Å². The molecule has 0 N–H and O–H groups in total. The average molecular weight is 317 g/mol. The van der Waals surface area contributed by atoms with Gasteiger partial charge in [-0.05, 0) is 49.6 Å². The van der Waals surface area contributed by atoms with Crippen LogP contribution in [-0.4, -0.2) is 19.9 Å². The second kappa shape index (κ2) is 6.01. The van der Waals surface area contributed by atoms with Gasteiger partial charge in [0.2, 0.25) is 0 Å². The molecule has 4 nitrogen and oxygen atoms in total. The van der Waals surface area contributed by atoms with Gasteiger partial charge in [-0.1, -0.05) is 31.5 Å². The van der Waals surface area contributed by atoms with Crippen LogP contribution in [0.5, 0.6) is 0 Å². The fraction of sp³-hybridized carbons (Fsp3) is 0.294. The van der Waals surface area contributed by atoms with Crippen LogP contribution in [0.25, 0.3) is 0 Å². The van der Waals surface area contributed by atoms with Crippen molar-refractivity contribution >= 4 is 21.5 Å². The van der Waals surface area contributed by atoms with Crippen molar-refractivity contribution in [3.05, 3.63) is 53.1 Å². The second-order valence-electron chi connectivity index (χ2n) is 5.71. The van der Waals surface area contributed by atoms with Gasteiger partial charge in [0.15, 0.2) is 5.78 Å². The van der Waals surface area contributed by atoms with Gasteiger partial charge < -0.3 is 0 Å². The Kier molecular flexibility index (Phi) is 4.47. The van der Waals surface area contributed by atoms with Crippen molar-refractivity contribution in [2.75, 3.05) is 0 Å². The van der Waals surface area contributed by atoms with Crippen molar-refractivity contribution < 1.29 is 13.2 Å². The van der Waals surface area contributed by atoms with E-state index in [2.05, 4.69) is 4.40 Å². The number of carbonyl (C=O) groups excluding carboxylic acids is 1. The van der Waals surface area contributed by atoms with Crippen LogP contribution in [0.2, 0.25) is 0 Å². The Hall–Kier alpha value is -2.01. The molecule has 0 bridgehead atoms. The summed E-state index contributed by atoms with van der Waals surface area (Å²) in [5.74, 6) is -0.0664. The summed E-state index contributed by atoms with van der Waals surface area (Å²) in [5, 5.41) is 0. The minimum Gasteiger partial charge on any atom is -0.290 e. The third-order valence-electron chi connectivity index (χ3n) is 3.49. The second-order valence-corrected chi connectivity index (χ2v) is 7.31. The van der Waals surface area contributed by atoms with Crippen molar-refractivity contribution in [2.24, 2.45) is 10.3 Å². The molecule has 1 aromatic rings. The topological polar surface area (TPSA) is 63.6 Å². The third kappa shape index (κ3) is 3.42. The molecule has 5 heteroatoms. The van der Waals surface area contributed by atoms with Gasteiger partial charge in [-0.25, -0.2) is 0 Å². The highest BCUT2D eigenvalue weighted by Gasteiger charge is 2.21. The van der Waals surface area contributed by atoms with E-state index in [0.29, 0.717) is 16.9 Å². The summed E-state index contributed by atoms with van der Waals surface area (Å²) in [7, 11) is -3.78. The molecular formula is C17H19NO3S. The zero-order chi connectivity index (χ0) is 16.5. The third-order valence-corrected chi connectivity index (χ3v) is 4.79. The highest BCUT2D eigenvalue weighted by atomic mass is 32.2. The highest BCUT2D eigenvalue weighted by Crippen LogP contribution is 2.21. The lowest BCUT2D eigenvalue weighted by atomic mass is 9.90. The molecule has 0 saturated carbocycles. The van der Waals surface area contributed by atoms with Crippen LogP contribution in [-0.2, 0) is 14.8 Å². The van der Waals surface area contributed by atoms with Crippen molar-refractivity contribution in [3.63, 3.8) is 0 Å². The van der Waals surface area contributed by atoms with E-state index in [1.54, 1.807) is 25.1 Å². The quantitative estimate of drug-likeness (QED) is 0.804. The predicted molar refractivity (Wildman–Crippen MR) is 87.5 cm³/mol. The first-order valence-corrected chi connectivity index (χ1v) is 8.51. The number of carbonyl (C=O) groups is 1. The van der Waals surface area contributed by atoms with Crippen LogP contribution >= 0.6 is 0 Å². The molecule has 0 radical (unpaired) electrons. The number of allylic oxidation sites excluding steroid dienone is 4. The van der Waals surface area contributed by atoms with Gasteiger partial charge >= 0.3 is 0 Å². The Morgan fingerprint density at radius 2 is 1.59 bits per heavy atom. The molecule has 0 fully saturated rings. The van der Waals surface area contributed by atoms with Crippen molar-refractivity contribution in [2.45, 2.75) is 32.6 Å². The van der Waals surface area contributed by atoms with Crippen molar-refractivity contribution in [1.82, 2.24) is 0 Å². The molecule has 0 amide bonds. The first-order chi connectivity index (χ1) is 10.2. The summed E-state index contributed by atoms with van der Waals surface area (Å²) in [6.45, 7) is 7.36. The number of sulfonamides is 1. The zero-order valence-electron chi connectivity index (χ0n) is 13.1. The fourth-order valence-corrected chi connectivity index (χ4v) is 3.17. The lowest BCUT2D eigenvalue weighted by molar-refractivity contribution is -0.111. The summed E-state index contributed by atoms with van der Waals surface area (Å²) in [5.41, 5.74) is 2.44. The van der Waals surface area contributed by atoms with E-state index >= 15 is 0 Å². The molecule has 0 atom stereocenters. The van der Waals surface area contributed by atoms with E-state index < -0.39 is 10.0 Å². The van der Waals surface area contributed by atoms with Gasteiger partial charge in [0.25, 0.3) is 10.0 Å². The number of nitrogens with zero attached hydrogens (tertiary/aromatic N) is 1. The number of benzene rings is 1. The Bertz CT molecular complexity index is 795. The summed E-state index contributed by atoms with van der Waals surface area (Å²) < 4.78 is 28.7. The van der Waals surface area contributed by atoms with E-state index in [-0.39, 0.29) is 16.6 Å². The van der Waals surface area contributed by atoms with Crippen LogP contribution in [0.1, 0.15) is 26.3 Å². The minimum absolute atomic E-state index is 0.0177. The predicted octanol–water partition coefficient (Wildman–Crippen LogP) is 3.24. The Labute approximate surface area is 131 Å². The molecular weight excluding hydrogens is 298 g/mol. The highest BCUT2D eigenvalue weighted by molar-refractivity contribution is 7.90. The summed E-state index contributed by atoms with van der Waals surface area (Å²) in [6, 6.07) is 6.54. The molecule has 0 aliphatic heterocycles. The van der Waals surface area contributed by atoms with E-state index in [9.17, 15) is 13.2 Å². The zero-order valence-corrected chi connectivity index (χ0v) is 13.9. The molecule has 1 aliphatic rings. The van der Waals surface area contributed by atoms with Gasteiger partial charge in [-0.2, -0.15) is 12.8 Å². The van der Waals surface area contributed by atoms with Crippen LogP contribution in [0.4, 0.5) is 0 Å². The van der Waals surface area contributed by atoms with Crippen LogP contribution in [0, 0.1) is 12.8 Å². The monoisotopic (exact) mass is 317 g/mol. The lowest BCUT2D eigenvalue weighted by Gasteiger charge is -2.15. The number of aryl methyl sites for hydroxylation is 1. The lowest BCUT2D eigenvalue weighted by Crippen LogP contribution is -2.16. The minimum atomic E-state index is -3.78. The largest absolute Gasteiger partial charge is 0.290 e. The molecule has 0 spiro atoms. The maximum Gasteiger partial charge on any atom is 0.282 e. The van der Waals surface area contributed by atoms with E-state index in [1.807, 2.05) is 20.8 Å². The summed E-state index contributed by atoms with van der Waals surface area (Å²) in [4.78, 5) is 12.1. The average Bonchev–Trinajstić information content (AvgIpc) is 2.41. The van der Waals surface area contributed by atoms with E-state index in [0.717, 1.165) is 5.56 Å². The Morgan fingerprint density at radius 1 is 1.00 bits per heavy atom. The summed E-state index contributed by atoms with van der Waals surface area (Å²) >= 11 is 0. The van der Waals surface area contributed by atoms with E-state index in [1.165, 1.54) is 18.2 Å².